The van der Waals surface area contributed by atoms with Gasteiger partial charge in [0.2, 0.25) is 0 Å². The van der Waals surface area contributed by atoms with E-state index >= 15 is 0 Å². The first-order chi connectivity index (χ1) is 9.31. The first-order valence-electron chi connectivity index (χ1n) is 6.64. The minimum atomic E-state index is 0.646. The largest absolute Gasteiger partial charge is 0.312 e. The van der Waals surface area contributed by atoms with Gasteiger partial charge in [0.1, 0.15) is 0 Å². The SMILES string of the molecule is Brc1cccc(C2CC(NCCn3ccnn3)C2)c1. The number of benzene rings is 1. The van der Waals surface area contributed by atoms with E-state index in [2.05, 4.69) is 55.8 Å². The number of rotatable bonds is 5. The molecule has 4 nitrogen and oxygen atoms in total. The van der Waals surface area contributed by atoms with Crippen molar-refractivity contribution in [2.24, 2.45) is 0 Å². The molecule has 0 radical (unpaired) electrons. The fraction of sp³-hybridized carbons (Fsp3) is 0.429. The molecule has 5 heteroatoms. The van der Waals surface area contributed by atoms with E-state index < -0.39 is 0 Å². The van der Waals surface area contributed by atoms with E-state index in [-0.39, 0.29) is 0 Å². The van der Waals surface area contributed by atoms with Gasteiger partial charge in [-0.2, -0.15) is 0 Å². The van der Waals surface area contributed by atoms with E-state index in [0.29, 0.717) is 12.0 Å². The zero-order valence-electron chi connectivity index (χ0n) is 10.7. The molecule has 0 bridgehead atoms. The second kappa shape index (κ2) is 5.84. The number of aromatic nitrogens is 3. The van der Waals surface area contributed by atoms with E-state index in [4.69, 9.17) is 0 Å². The molecule has 1 aliphatic rings. The van der Waals surface area contributed by atoms with Crippen molar-refractivity contribution < 1.29 is 0 Å². The zero-order valence-corrected chi connectivity index (χ0v) is 12.3. The fourth-order valence-electron chi connectivity index (χ4n) is 2.55. The Bertz CT molecular complexity index is 520. The minimum absolute atomic E-state index is 0.646. The van der Waals surface area contributed by atoms with Crippen molar-refractivity contribution in [1.82, 2.24) is 20.3 Å². The van der Waals surface area contributed by atoms with Crippen LogP contribution >= 0.6 is 15.9 Å². The molecule has 100 valence electrons. The van der Waals surface area contributed by atoms with E-state index in [9.17, 15) is 0 Å². The van der Waals surface area contributed by atoms with Crippen LogP contribution in [0, 0.1) is 0 Å². The molecule has 0 saturated heterocycles. The summed E-state index contributed by atoms with van der Waals surface area (Å²) in [5.41, 5.74) is 1.45. The Morgan fingerprint density at radius 1 is 1.37 bits per heavy atom. The molecular weight excluding hydrogens is 304 g/mol. The molecule has 1 aromatic heterocycles. The maximum absolute atomic E-state index is 3.95. The van der Waals surface area contributed by atoms with Crippen LogP contribution in [0.1, 0.15) is 24.3 Å². The maximum Gasteiger partial charge on any atom is 0.0692 e. The van der Waals surface area contributed by atoms with Crippen LogP contribution in [0.3, 0.4) is 0 Å². The lowest BCUT2D eigenvalue weighted by atomic mass is 9.76. The zero-order chi connectivity index (χ0) is 13.1. The van der Waals surface area contributed by atoms with Crippen molar-refractivity contribution in [1.29, 1.82) is 0 Å². The van der Waals surface area contributed by atoms with Gasteiger partial charge in [-0.1, -0.05) is 33.3 Å². The number of hydrogen-bond donors (Lipinski definition) is 1. The van der Waals surface area contributed by atoms with Gasteiger partial charge in [0.25, 0.3) is 0 Å². The summed E-state index contributed by atoms with van der Waals surface area (Å²) in [5, 5.41) is 11.3. The average molecular weight is 321 g/mol. The Morgan fingerprint density at radius 3 is 3.00 bits per heavy atom. The highest BCUT2D eigenvalue weighted by atomic mass is 79.9. The quantitative estimate of drug-likeness (QED) is 0.920. The summed E-state index contributed by atoms with van der Waals surface area (Å²) in [6.07, 6.45) is 6.07. The second-order valence-corrected chi connectivity index (χ2v) is 5.96. The Morgan fingerprint density at radius 2 is 2.26 bits per heavy atom. The third kappa shape index (κ3) is 3.22. The van der Waals surface area contributed by atoms with E-state index in [0.717, 1.165) is 13.1 Å². The predicted octanol–water partition coefficient (Wildman–Crippen LogP) is 2.58. The molecule has 0 amide bonds. The minimum Gasteiger partial charge on any atom is -0.312 e. The summed E-state index contributed by atoms with van der Waals surface area (Å²) in [6.45, 7) is 1.84. The van der Waals surface area contributed by atoms with Gasteiger partial charge in [-0.05, 0) is 36.5 Å². The van der Waals surface area contributed by atoms with Gasteiger partial charge in [-0.15, -0.1) is 5.10 Å². The highest BCUT2D eigenvalue weighted by molar-refractivity contribution is 9.10. The van der Waals surface area contributed by atoms with Crippen LogP contribution in [0.5, 0.6) is 0 Å². The summed E-state index contributed by atoms with van der Waals surface area (Å²) in [6, 6.07) is 9.30. The standard InChI is InChI=1S/C14H17BrN4/c15-13-3-1-2-11(8-13)12-9-14(10-12)16-4-6-19-7-5-17-18-19/h1-3,5,7-8,12,14,16H,4,6,9-10H2. The Labute approximate surface area is 121 Å². The van der Waals surface area contributed by atoms with Crippen LogP contribution in [-0.2, 0) is 6.54 Å². The van der Waals surface area contributed by atoms with Crippen LogP contribution in [0.25, 0.3) is 0 Å². The van der Waals surface area contributed by atoms with Crippen molar-refractivity contribution in [3.8, 4) is 0 Å². The van der Waals surface area contributed by atoms with Crippen LogP contribution < -0.4 is 5.32 Å². The van der Waals surface area contributed by atoms with Gasteiger partial charge in [-0.3, -0.25) is 4.68 Å². The molecule has 1 saturated carbocycles. The van der Waals surface area contributed by atoms with Gasteiger partial charge in [0.05, 0.1) is 12.7 Å². The lowest BCUT2D eigenvalue weighted by Crippen LogP contribution is -2.41. The van der Waals surface area contributed by atoms with E-state index in [1.165, 1.54) is 22.9 Å². The van der Waals surface area contributed by atoms with Crippen LogP contribution in [0.4, 0.5) is 0 Å². The fourth-order valence-corrected chi connectivity index (χ4v) is 2.97. The number of hydrogen-bond acceptors (Lipinski definition) is 3. The number of nitrogens with zero attached hydrogens (tertiary/aromatic N) is 3. The van der Waals surface area contributed by atoms with Crippen molar-refractivity contribution in [2.75, 3.05) is 6.54 Å². The average Bonchev–Trinajstić information content (AvgIpc) is 2.85. The van der Waals surface area contributed by atoms with E-state index in [1.54, 1.807) is 6.20 Å². The summed E-state index contributed by atoms with van der Waals surface area (Å²) in [4.78, 5) is 0. The molecule has 0 aliphatic heterocycles. The van der Waals surface area contributed by atoms with Gasteiger partial charge in [-0.25, -0.2) is 0 Å². The molecule has 3 rings (SSSR count). The maximum atomic E-state index is 3.95. The van der Waals surface area contributed by atoms with Crippen molar-refractivity contribution in [2.45, 2.75) is 31.3 Å². The molecule has 0 unspecified atom stereocenters. The molecule has 0 atom stereocenters. The van der Waals surface area contributed by atoms with Gasteiger partial charge >= 0.3 is 0 Å². The number of nitrogens with one attached hydrogen (secondary N) is 1. The topological polar surface area (TPSA) is 42.7 Å². The first kappa shape index (κ1) is 12.8. The molecular formula is C14H17BrN4. The monoisotopic (exact) mass is 320 g/mol. The lowest BCUT2D eigenvalue weighted by molar-refractivity contribution is 0.286. The molecule has 1 N–H and O–H groups in total. The van der Waals surface area contributed by atoms with E-state index in [1.807, 2.05) is 10.9 Å². The summed E-state index contributed by atoms with van der Waals surface area (Å²) >= 11 is 3.53. The number of halogens is 1. The van der Waals surface area contributed by atoms with Gasteiger partial charge in [0.15, 0.2) is 0 Å². The van der Waals surface area contributed by atoms with Crippen molar-refractivity contribution >= 4 is 15.9 Å². The molecule has 1 aromatic carbocycles. The van der Waals surface area contributed by atoms with Gasteiger partial charge < -0.3 is 5.32 Å². The van der Waals surface area contributed by atoms with Crippen LogP contribution in [0.2, 0.25) is 0 Å². The van der Waals surface area contributed by atoms with Crippen LogP contribution in [-0.4, -0.2) is 27.6 Å². The second-order valence-electron chi connectivity index (χ2n) is 5.04. The highest BCUT2D eigenvalue weighted by Gasteiger charge is 2.29. The lowest BCUT2D eigenvalue weighted by Gasteiger charge is -2.36. The molecule has 1 aliphatic carbocycles. The molecule has 0 spiro atoms. The summed E-state index contributed by atoms with van der Waals surface area (Å²) < 4.78 is 3.03. The third-order valence-electron chi connectivity index (χ3n) is 3.70. The molecule has 2 aromatic rings. The molecule has 19 heavy (non-hydrogen) atoms. The summed E-state index contributed by atoms with van der Waals surface area (Å²) in [5.74, 6) is 0.710. The third-order valence-corrected chi connectivity index (χ3v) is 4.20. The predicted molar refractivity (Wildman–Crippen MR) is 77.9 cm³/mol. The molecule has 1 heterocycles. The first-order valence-corrected chi connectivity index (χ1v) is 7.43. The van der Waals surface area contributed by atoms with Gasteiger partial charge in [0, 0.05) is 23.3 Å². The smallest absolute Gasteiger partial charge is 0.0692 e. The normalized spacial score (nSPS) is 22.2. The highest BCUT2D eigenvalue weighted by Crippen LogP contribution is 2.37. The van der Waals surface area contributed by atoms with Crippen LogP contribution in [0.15, 0.2) is 41.1 Å². The summed E-state index contributed by atoms with van der Waals surface area (Å²) in [7, 11) is 0. The van der Waals surface area contributed by atoms with Crippen molar-refractivity contribution in [3.05, 3.63) is 46.7 Å². The Hall–Kier alpha value is -1.20. The Kier molecular flexibility index (Phi) is 3.94. The van der Waals surface area contributed by atoms with Crippen molar-refractivity contribution in [3.63, 3.8) is 0 Å². The Balaban J connectivity index is 1.41. The molecule has 1 fully saturated rings.